The van der Waals surface area contributed by atoms with Gasteiger partial charge in [-0.15, -0.1) is 0 Å². The van der Waals surface area contributed by atoms with E-state index in [1.54, 1.807) is 7.11 Å². The first-order valence-electron chi connectivity index (χ1n) is 7.07. The third kappa shape index (κ3) is 2.01. The van der Waals surface area contributed by atoms with Crippen molar-refractivity contribution in [1.29, 1.82) is 5.26 Å². The van der Waals surface area contributed by atoms with Crippen molar-refractivity contribution in [3.63, 3.8) is 0 Å². The Kier molecular flexibility index (Phi) is 3.80. The summed E-state index contributed by atoms with van der Waals surface area (Å²) in [6.07, 6.45) is 11.2. The summed E-state index contributed by atoms with van der Waals surface area (Å²) in [7, 11) is 1.73. The lowest BCUT2D eigenvalue weighted by atomic mass is 9.77. The fourth-order valence-electron chi connectivity index (χ4n) is 3.58. The zero-order valence-electron chi connectivity index (χ0n) is 12.2. The second-order valence-corrected chi connectivity index (χ2v) is 6.04. The van der Waals surface area contributed by atoms with Crippen LogP contribution in [0.4, 0.5) is 0 Å². The summed E-state index contributed by atoms with van der Waals surface area (Å²) in [4.78, 5) is 4.19. The van der Waals surface area contributed by atoms with Crippen LogP contribution in [-0.4, -0.2) is 35.6 Å². The van der Waals surface area contributed by atoms with Gasteiger partial charge in [-0.05, 0) is 12.8 Å². The van der Waals surface area contributed by atoms with E-state index in [9.17, 15) is 5.26 Å². The van der Waals surface area contributed by atoms with E-state index in [-0.39, 0.29) is 5.54 Å². The largest absolute Gasteiger partial charge is 0.330 e. The average Bonchev–Trinajstić information content (AvgIpc) is 2.48. The number of nitriles is 1. The lowest BCUT2D eigenvalue weighted by Gasteiger charge is -2.55. The monoisotopic (exact) mass is 262 g/mol. The highest BCUT2D eigenvalue weighted by atomic mass is 16.5. The van der Waals surface area contributed by atoms with E-state index >= 15 is 0 Å². The second kappa shape index (κ2) is 5.07. The summed E-state index contributed by atoms with van der Waals surface area (Å²) < 4.78 is 6.31. The van der Waals surface area contributed by atoms with Gasteiger partial charge in [0.1, 0.15) is 18.8 Å². The third-order valence-corrected chi connectivity index (χ3v) is 5.00. The second-order valence-electron chi connectivity index (χ2n) is 6.04. The van der Waals surface area contributed by atoms with Gasteiger partial charge in [-0.3, -0.25) is 4.99 Å². The molecule has 2 rings (SSSR count). The first-order valence-corrected chi connectivity index (χ1v) is 7.07. The quantitative estimate of drug-likeness (QED) is 0.734. The number of ether oxygens (including phenoxy) is 1. The number of rotatable bonds is 3. The van der Waals surface area contributed by atoms with E-state index in [0.29, 0.717) is 4.48 Å². The van der Waals surface area contributed by atoms with E-state index in [1.807, 2.05) is 12.4 Å². The Balaban J connectivity index is 2.52. The topological polar surface area (TPSA) is 45.4 Å². The Morgan fingerprint density at radius 1 is 1.32 bits per heavy atom. The molecule has 1 saturated carbocycles. The van der Waals surface area contributed by atoms with Crippen LogP contribution < -0.4 is 0 Å². The summed E-state index contributed by atoms with van der Waals surface area (Å²) in [6.45, 7) is 4.87. The van der Waals surface area contributed by atoms with E-state index in [2.05, 4.69) is 31.1 Å². The molecule has 1 atom stereocenters. The highest BCUT2D eigenvalue weighted by Crippen LogP contribution is 2.45. The van der Waals surface area contributed by atoms with E-state index < -0.39 is 5.72 Å². The Morgan fingerprint density at radius 3 is 2.47 bits per heavy atom. The maximum Gasteiger partial charge on any atom is 0.202 e. The van der Waals surface area contributed by atoms with Gasteiger partial charge in [-0.1, -0.05) is 6.42 Å². The van der Waals surface area contributed by atoms with Gasteiger partial charge in [-0.2, -0.15) is 5.26 Å². The molecule has 0 saturated heterocycles. The van der Waals surface area contributed by atoms with Crippen LogP contribution in [-0.2, 0) is 4.74 Å². The molecule has 4 heteroatoms. The lowest BCUT2D eigenvalue weighted by molar-refractivity contribution is -0.983. The Morgan fingerprint density at radius 2 is 2.00 bits per heavy atom. The number of aliphatic imine (C=N–C) groups is 1. The Hall–Kier alpha value is -1.18. The molecule has 0 aromatic heterocycles. The Labute approximate surface area is 116 Å². The number of hydrogen-bond acceptors (Lipinski definition) is 3. The highest BCUT2D eigenvalue weighted by molar-refractivity contribution is 5.60. The van der Waals surface area contributed by atoms with Gasteiger partial charge in [0.2, 0.25) is 5.72 Å². The maximum absolute atomic E-state index is 9.92. The predicted molar refractivity (Wildman–Crippen MR) is 75.3 cm³/mol. The van der Waals surface area contributed by atoms with Crippen molar-refractivity contribution in [2.45, 2.75) is 57.2 Å². The molecule has 1 unspecified atom stereocenters. The number of hydrogen-bond donors (Lipinski definition) is 0. The zero-order valence-corrected chi connectivity index (χ0v) is 12.2. The molecule has 0 aromatic carbocycles. The predicted octanol–water partition coefficient (Wildman–Crippen LogP) is 2.97. The summed E-state index contributed by atoms with van der Waals surface area (Å²) in [5, 5.41) is 9.92. The molecule has 19 heavy (non-hydrogen) atoms. The van der Waals surface area contributed by atoms with E-state index in [4.69, 9.17) is 4.74 Å². The molecule has 0 spiro atoms. The van der Waals surface area contributed by atoms with Gasteiger partial charge in [-0.25, -0.2) is 4.48 Å². The summed E-state index contributed by atoms with van der Waals surface area (Å²) in [5.41, 5.74) is -0.823. The van der Waals surface area contributed by atoms with Crippen molar-refractivity contribution in [2.75, 3.05) is 13.7 Å². The minimum Gasteiger partial charge on any atom is -0.330 e. The van der Waals surface area contributed by atoms with Crippen LogP contribution >= 0.6 is 0 Å². The molecule has 1 fully saturated rings. The number of quaternary nitrogens is 1. The molecule has 1 aliphatic heterocycles. The molecule has 1 aliphatic carbocycles. The minimum absolute atomic E-state index is 0.388. The molecule has 0 radical (unpaired) electrons. The zero-order chi connectivity index (χ0) is 14.0. The molecule has 0 N–H and O–H groups in total. The van der Waals surface area contributed by atoms with E-state index in [1.165, 1.54) is 6.42 Å². The SMILES string of the molecule is COC(C)(C)[N+]1(C2(C#N)CCCCC2)C=CN=CC1. The van der Waals surface area contributed by atoms with E-state index in [0.717, 1.165) is 32.2 Å². The van der Waals surface area contributed by atoms with Gasteiger partial charge in [0.05, 0.1) is 12.4 Å². The Bertz CT molecular complexity index is 427. The summed E-state index contributed by atoms with van der Waals surface area (Å²) in [6, 6.07) is 2.65. The average molecular weight is 262 g/mol. The third-order valence-electron chi connectivity index (χ3n) is 5.00. The molecular formula is C15H24N3O+. The summed E-state index contributed by atoms with van der Waals surface area (Å²) >= 11 is 0. The molecule has 4 nitrogen and oxygen atoms in total. The van der Waals surface area contributed by atoms with Gasteiger partial charge in [0, 0.05) is 33.8 Å². The molecular weight excluding hydrogens is 238 g/mol. The number of nitrogens with zero attached hydrogens (tertiary/aromatic N) is 3. The van der Waals surface area contributed by atoms with Gasteiger partial charge >= 0.3 is 0 Å². The molecule has 2 aliphatic rings. The van der Waals surface area contributed by atoms with Crippen LogP contribution in [0.3, 0.4) is 0 Å². The molecule has 0 bridgehead atoms. The maximum atomic E-state index is 9.92. The lowest BCUT2D eigenvalue weighted by Crippen LogP contribution is -2.71. The van der Waals surface area contributed by atoms with Crippen LogP contribution in [0.2, 0.25) is 0 Å². The van der Waals surface area contributed by atoms with Gasteiger partial charge < -0.3 is 4.74 Å². The van der Waals surface area contributed by atoms with Gasteiger partial charge in [0.15, 0.2) is 5.54 Å². The first-order chi connectivity index (χ1) is 9.04. The first kappa shape index (κ1) is 14.2. The van der Waals surface area contributed by atoms with Crippen molar-refractivity contribution in [2.24, 2.45) is 4.99 Å². The number of methoxy groups -OCH3 is 1. The van der Waals surface area contributed by atoms with Crippen molar-refractivity contribution in [1.82, 2.24) is 0 Å². The molecule has 1 heterocycles. The minimum atomic E-state index is -0.435. The normalized spacial score (nSPS) is 30.0. The van der Waals surface area contributed by atoms with Crippen LogP contribution in [0.1, 0.15) is 46.0 Å². The van der Waals surface area contributed by atoms with Crippen LogP contribution in [0, 0.1) is 11.3 Å². The van der Waals surface area contributed by atoms with Crippen molar-refractivity contribution in [3.05, 3.63) is 12.4 Å². The van der Waals surface area contributed by atoms with Crippen molar-refractivity contribution in [3.8, 4) is 6.07 Å². The standard InChI is InChI=1S/C15H24N3O/c1-14(2,19-3)18(11-9-17-10-12-18)15(13-16)7-5-4-6-8-15/h9-11H,4-8,12H2,1-3H3/q+1. The molecule has 104 valence electrons. The van der Waals surface area contributed by atoms with Crippen molar-refractivity contribution >= 4 is 6.21 Å². The molecule has 0 aromatic rings. The van der Waals surface area contributed by atoms with Crippen LogP contribution in [0.25, 0.3) is 0 Å². The molecule has 0 amide bonds. The highest BCUT2D eigenvalue weighted by Gasteiger charge is 2.59. The van der Waals surface area contributed by atoms with Crippen LogP contribution in [0.5, 0.6) is 0 Å². The van der Waals surface area contributed by atoms with Gasteiger partial charge in [0.25, 0.3) is 0 Å². The summed E-state index contributed by atoms with van der Waals surface area (Å²) in [5.74, 6) is 0. The van der Waals surface area contributed by atoms with Crippen LogP contribution in [0.15, 0.2) is 17.4 Å². The van der Waals surface area contributed by atoms with Crippen molar-refractivity contribution < 1.29 is 9.22 Å². The smallest absolute Gasteiger partial charge is 0.202 e. The fourth-order valence-corrected chi connectivity index (χ4v) is 3.58. The fraction of sp³-hybridized carbons (Fsp3) is 0.733.